The van der Waals surface area contributed by atoms with Gasteiger partial charge in [0.05, 0.1) is 10.5 Å². The number of aromatic carboxylic acids is 1. The molecule has 1 aromatic carbocycles. The maximum atomic E-state index is 12.9. The third kappa shape index (κ3) is 3.20. The zero-order valence-electron chi connectivity index (χ0n) is 13.9. The molecule has 1 N–H and O–H groups in total. The first kappa shape index (κ1) is 17.4. The maximum Gasteiger partial charge on any atom is 0.335 e. The molecule has 0 unspecified atom stereocenters. The Morgan fingerprint density at radius 1 is 1.12 bits per heavy atom. The number of sulfonamides is 1. The number of hydrogen-bond acceptors (Lipinski definition) is 4. The Kier molecular flexibility index (Phi) is 4.94. The number of carboxylic acid groups (broad SMARTS) is 1. The minimum Gasteiger partial charge on any atom is -0.478 e. The quantitative estimate of drug-likeness (QED) is 0.896. The fraction of sp³-hybridized carbons (Fsp3) is 0.588. The second kappa shape index (κ2) is 6.82. The van der Waals surface area contributed by atoms with E-state index < -0.39 is 16.0 Å². The van der Waals surface area contributed by atoms with Gasteiger partial charge in [0.25, 0.3) is 0 Å². The standard InChI is InChI=1S/C17H24N2O4S/c1-13-15(17(20)21)5-4-6-16(13)24(22,23)19-11-7-14(8-12-19)18-9-2-3-10-18/h4-6,14H,2-3,7-12H2,1H3,(H,20,21). The summed E-state index contributed by atoms with van der Waals surface area (Å²) in [6, 6.07) is 4.92. The van der Waals surface area contributed by atoms with Crippen molar-refractivity contribution in [2.24, 2.45) is 0 Å². The second-order valence-corrected chi connectivity index (χ2v) is 8.52. The zero-order valence-corrected chi connectivity index (χ0v) is 14.8. The van der Waals surface area contributed by atoms with Crippen molar-refractivity contribution in [3.63, 3.8) is 0 Å². The van der Waals surface area contributed by atoms with Crippen molar-refractivity contribution >= 4 is 16.0 Å². The van der Waals surface area contributed by atoms with Crippen LogP contribution in [0.15, 0.2) is 23.1 Å². The highest BCUT2D eigenvalue weighted by Crippen LogP contribution is 2.27. The first-order valence-corrected chi connectivity index (χ1v) is 9.92. The van der Waals surface area contributed by atoms with Crippen molar-refractivity contribution in [2.45, 2.75) is 43.5 Å². The molecule has 2 aliphatic heterocycles. The molecule has 0 amide bonds. The monoisotopic (exact) mass is 352 g/mol. The van der Waals surface area contributed by atoms with Gasteiger partial charge >= 0.3 is 5.97 Å². The summed E-state index contributed by atoms with van der Waals surface area (Å²) in [6.07, 6.45) is 4.16. The summed E-state index contributed by atoms with van der Waals surface area (Å²) >= 11 is 0. The topological polar surface area (TPSA) is 77.9 Å². The number of nitrogens with zero attached hydrogens (tertiary/aromatic N) is 2. The van der Waals surface area contributed by atoms with E-state index >= 15 is 0 Å². The summed E-state index contributed by atoms with van der Waals surface area (Å²) in [5, 5.41) is 9.21. The van der Waals surface area contributed by atoms with Crippen LogP contribution in [0.4, 0.5) is 0 Å². The average molecular weight is 352 g/mol. The molecular weight excluding hydrogens is 328 g/mol. The number of benzene rings is 1. The van der Waals surface area contributed by atoms with Crippen molar-refractivity contribution in [1.29, 1.82) is 0 Å². The normalized spacial score (nSPS) is 21.2. The highest BCUT2D eigenvalue weighted by atomic mass is 32.2. The highest BCUT2D eigenvalue weighted by Gasteiger charge is 2.33. The van der Waals surface area contributed by atoms with Crippen LogP contribution in [0.5, 0.6) is 0 Å². The molecule has 0 aromatic heterocycles. The Bertz CT molecular complexity index is 718. The summed E-state index contributed by atoms with van der Waals surface area (Å²) in [4.78, 5) is 13.8. The number of hydrogen-bond donors (Lipinski definition) is 1. The summed E-state index contributed by atoms with van der Waals surface area (Å²) in [7, 11) is -3.64. The lowest BCUT2D eigenvalue weighted by molar-refractivity contribution is 0.0696. The van der Waals surface area contributed by atoms with Gasteiger partial charge in [-0.1, -0.05) is 6.07 Å². The molecule has 2 aliphatic rings. The minimum absolute atomic E-state index is 0.0445. The molecule has 0 spiro atoms. The van der Waals surface area contributed by atoms with E-state index in [4.69, 9.17) is 0 Å². The summed E-state index contributed by atoms with van der Waals surface area (Å²) in [6.45, 7) is 4.81. The largest absolute Gasteiger partial charge is 0.478 e. The fourth-order valence-electron chi connectivity index (χ4n) is 3.82. The molecule has 0 radical (unpaired) electrons. The van der Waals surface area contributed by atoms with Crippen LogP contribution in [0, 0.1) is 6.92 Å². The molecule has 2 heterocycles. The lowest BCUT2D eigenvalue weighted by Crippen LogP contribution is -2.45. The van der Waals surface area contributed by atoms with E-state index in [9.17, 15) is 18.3 Å². The molecular formula is C17H24N2O4S. The molecule has 1 aromatic rings. The van der Waals surface area contributed by atoms with Crippen LogP contribution < -0.4 is 0 Å². The average Bonchev–Trinajstić information content (AvgIpc) is 3.09. The Balaban J connectivity index is 1.77. The van der Waals surface area contributed by atoms with Crippen molar-refractivity contribution in [1.82, 2.24) is 9.21 Å². The summed E-state index contributed by atoms with van der Waals surface area (Å²) < 4.78 is 27.4. The predicted octanol–water partition coefficient (Wildman–Crippen LogP) is 1.94. The van der Waals surface area contributed by atoms with E-state index in [-0.39, 0.29) is 10.5 Å². The van der Waals surface area contributed by atoms with Crippen molar-refractivity contribution in [2.75, 3.05) is 26.2 Å². The van der Waals surface area contributed by atoms with E-state index in [2.05, 4.69) is 4.90 Å². The molecule has 0 atom stereocenters. The van der Waals surface area contributed by atoms with E-state index in [1.807, 2.05) is 0 Å². The molecule has 0 aliphatic carbocycles. The van der Waals surface area contributed by atoms with Gasteiger partial charge in [-0.15, -0.1) is 0 Å². The van der Waals surface area contributed by atoms with Gasteiger partial charge in [0.1, 0.15) is 0 Å². The minimum atomic E-state index is -3.64. The lowest BCUT2D eigenvalue weighted by Gasteiger charge is -2.36. The van der Waals surface area contributed by atoms with Crippen LogP contribution in [0.2, 0.25) is 0 Å². The van der Waals surface area contributed by atoms with E-state index in [0.29, 0.717) is 24.7 Å². The van der Waals surface area contributed by atoms with Gasteiger partial charge in [-0.05, 0) is 63.4 Å². The molecule has 0 saturated carbocycles. The molecule has 3 rings (SSSR count). The Morgan fingerprint density at radius 2 is 1.75 bits per heavy atom. The molecule has 7 heteroatoms. The molecule has 2 saturated heterocycles. The molecule has 2 fully saturated rings. The van der Waals surface area contributed by atoms with Gasteiger partial charge in [-0.3, -0.25) is 0 Å². The van der Waals surface area contributed by atoms with Gasteiger partial charge in [0.15, 0.2) is 0 Å². The van der Waals surface area contributed by atoms with Gasteiger partial charge in [-0.25, -0.2) is 13.2 Å². The third-order valence-corrected chi connectivity index (χ3v) is 7.26. The van der Waals surface area contributed by atoms with Crippen molar-refractivity contribution in [3.8, 4) is 0 Å². The fourth-order valence-corrected chi connectivity index (χ4v) is 5.54. The Hall–Kier alpha value is -1.44. The molecule has 132 valence electrons. The number of rotatable bonds is 4. The number of carboxylic acids is 1. The number of carbonyl (C=O) groups is 1. The van der Waals surface area contributed by atoms with Gasteiger partial charge in [0.2, 0.25) is 10.0 Å². The Labute approximate surface area is 143 Å². The van der Waals surface area contributed by atoms with Crippen LogP contribution in [0.25, 0.3) is 0 Å². The van der Waals surface area contributed by atoms with Gasteiger partial charge in [-0.2, -0.15) is 4.31 Å². The first-order valence-electron chi connectivity index (χ1n) is 8.48. The summed E-state index contributed by atoms with van der Waals surface area (Å²) in [5.74, 6) is -1.10. The molecule has 6 nitrogen and oxygen atoms in total. The summed E-state index contributed by atoms with van der Waals surface area (Å²) in [5.41, 5.74) is 0.356. The number of likely N-dealkylation sites (tertiary alicyclic amines) is 1. The van der Waals surface area contributed by atoms with E-state index in [1.165, 1.54) is 35.3 Å². The van der Waals surface area contributed by atoms with Crippen LogP contribution in [0.3, 0.4) is 0 Å². The van der Waals surface area contributed by atoms with Crippen LogP contribution in [-0.2, 0) is 10.0 Å². The van der Waals surface area contributed by atoms with Gasteiger partial charge in [0, 0.05) is 19.1 Å². The zero-order chi connectivity index (χ0) is 17.3. The van der Waals surface area contributed by atoms with E-state index in [1.54, 1.807) is 6.92 Å². The van der Waals surface area contributed by atoms with Crippen LogP contribution in [0.1, 0.15) is 41.6 Å². The van der Waals surface area contributed by atoms with Crippen LogP contribution >= 0.6 is 0 Å². The SMILES string of the molecule is Cc1c(C(=O)O)cccc1S(=O)(=O)N1CCC(N2CCCC2)CC1. The van der Waals surface area contributed by atoms with Crippen LogP contribution in [-0.4, -0.2) is 60.9 Å². The Morgan fingerprint density at radius 3 is 2.33 bits per heavy atom. The highest BCUT2D eigenvalue weighted by molar-refractivity contribution is 7.89. The third-order valence-electron chi connectivity index (χ3n) is 5.21. The molecule has 0 bridgehead atoms. The molecule has 24 heavy (non-hydrogen) atoms. The van der Waals surface area contributed by atoms with Crippen molar-refractivity contribution < 1.29 is 18.3 Å². The maximum absolute atomic E-state index is 12.9. The number of piperidine rings is 1. The second-order valence-electron chi connectivity index (χ2n) is 6.61. The predicted molar refractivity (Wildman–Crippen MR) is 90.7 cm³/mol. The van der Waals surface area contributed by atoms with E-state index in [0.717, 1.165) is 25.9 Å². The smallest absolute Gasteiger partial charge is 0.335 e. The van der Waals surface area contributed by atoms with Crippen molar-refractivity contribution in [3.05, 3.63) is 29.3 Å². The van der Waals surface area contributed by atoms with Gasteiger partial charge < -0.3 is 10.0 Å². The lowest BCUT2D eigenvalue weighted by atomic mass is 10.1. The first-order chi connectivity index (χ1) is 11.4.